The number of benzene rings is 1. The van der Waals surface area contributed by atoms with Gasteiger partial charge in [0, 0.05) is 20.6 Å². The minimum absolute atomic E-state index is 0.0445. The molecule has 1 saturated heterocycles. The molecule has 1 aliphatic rings. The molecule has 1 aromatic carbocycles. The zero-order chi connectivity index (χ0) is 18.3. The van der Waals surface area contributed by atoms with Crippen LogP contribution in [-0.4, -0.2) is 63.3 Å². The average Bonchev–Trinajstić information content (AvgIpc) is 3.12. The molecule has 2 aromatic rings. The van der Waals surface area contributed by atoms with Crippen molar-refractivity contribution in [1.29, 1.82) is 0 Å². The second-order valence-corrected chi connectivity index (χ2v) is 6.42. The van der Waals surface area contributed by atoms with Crippen LogP contribution in [0.4, 0.5) is 4.39 Å². The molecule has 0 bridgehead atoms. The van der Waals surface area contributed by atoms with E-state index in [2.05, 4.69) is 10.3 Å². The highest BCUT2D eigenvalue weighted by atomic mass is 35.5. The van der Waals surface area contributed by atoms with Crippen LogP contribution in [0.3, 0.4) is 0 Å². The Labute approximate surface area is 149 Å². The quantitative estimate of drug-likeness (QED) is 0.829. The summed E-state index contributed by atoms with van der Waals surface area (Å²) in [5.74, 6) is -1.01. The predicted molar refractivity (Wildman–Crippen MR) is 89.2 cm³/mol. The Balaban J connectivity index is 1.89. The molecule has 0 aliphatic carbocycles. The third-order valence-electron chi connectivity index (χ3n) is 4.43. The summed E-state index contributed by atoms with van der Waals surface area (Å²) < 4.78 is 14.7. The molecule has 0 saturated carbocycles. The molecule has 0 radical (unpaired) electrons. The van der Waals surface area contributed by atoms with Crippen LogP contribution in [0, 0.1) is 12.7 Å². The lowest BCUT2D eigenvalue weighted by molar-refractivity contribution is -0.130. The molecule has 0 N–H and O–H groups in total. The highest BCUT2D eigenvalue weighted by molar-refractivity contribution is 6.30. The van der Waals surface area contributed by atoms with Gasteiger partial charge in [-0.25, -0.2) is 9.07 Å². The number of nitrogens with zero attached hydrogens (tertiary/aromatic N) is 5. The van der Waals surface area contributed by atoms with Crippen molar-refractivity contribution < 1.29 is 14.0 Å². The summed E-state index contributed by atoms with van der Waals surface area (Å²) in [7, 11) is 3.29. The van der Waals surface area contributed by atoms with Gasteiger partial charge in [-0.2, -0.15) is 0 Å². The molecule has 2 heterocycles. The summed E-state index contributed by atoms with van der Waals surface area (Å²) in [5.41, 5.74) is 1.12. The summed E-state index contributed by atoms with van der Waals surface area (Å²) >= 11 is 5.80. The first-order valence-electron chi connectivity index (χ1n) is 7.71. The van der Waals surface area contributed by atoms with E-state index >= 15 is 0 Å². The number of rotatable bonds is 3. The van der Waals surface area contributed by atoms with Crippen LogP contribution in [0.15, 0.2) is 18.2 Å². The number of hydrogen-bond acceptors (Lipinski definition) is 4. The number of halogens is 2. The van der Waals surface area contributed by atoms with Crippen LogP contribution >= 0.6 is 11.6 Å². The fourth-order valence-electron chi connectivity index (χ4n) is 2.86. The zero-order valence-corrected chi connectivity index (χ0v) is 14.8. The molecule has 1 unspecified atom stereocenters. The van der Waals surface area contributed by atoms with Crippen molar-refractivity contribution in [3.8, 4) is 5.69 Å². The first kappa shape index (κ1) is 17.3. The van der Waals surface area contributed by atoms with Gasteiger partial charge in [0.15, 0.2) is 5.69 Å². The lowest BCUT2D eigenvalue weighted by Crippen LogP contribution is -2.42. The van der Waals surface area contributed by atoms with Gasteiger partial charge in [-0.05, 0) is 31.5 Å². The first-order valence-corrected chi connectivity index (χ1v) is 8.09. The first-order chi connectivity index (χ1) is 11.8. The van der Waals surface area contributed by atoms with E-state index in [1.807, 2.05) is 0 Å². The number of amides is 2. The molecule has 1 atom stereocenters. The summed E-state index contributed by atoms with van der Waals surface area (Å²) in [6.45, 7) is 2.29. The standard InChI is InChI=1S/C16H17ClFN5O2/c1-9-14(16(25)22(3)13-6-7-21(2)15(13)24)19-20-23(9)10-4-5-12(18)11(17)8-10/h4-5,8,13H,6-7H2,1-3H3. The Kier molecular flexibility index (Phi) is 4.47. The number of likely N-dealkylation sites (tertiary alicyclic amines) is 1. The van der Waals surface area contributed by atoms with E-state index in [0.717, 1.165) is 0 Å². The van der Waals surface area contributed by atoms with Gasteiger partial charge in [-0.3, -0.25) is 9.59 Å². The van der Waals surface area contributed by atoms with Crippen molar-refractivity contribution in [3.63, 3.8) is 0 Å². The molecule has 7 nitrogen and oxygen atoms in total. The maximum Gasteiger partial charge on any atom is 0.276 e. The van der Waals surface area contributed by atoms with Gasteiger partial charge in [0.25, 0.3) is 5.91 Å². The second-order valence-electron chi connectivity index (χ2n) is 6.01. The number of carbonyl (C=O) groups excluding carboxylic acids is 2. The fourth-order valence-corrected chi connectivity index (χ4v) is 3.04. The lowest BCUT2D eigenvalue weighted by Gasteiger charge is -2.22. The van der Waals surface area contributed by atoms with Crippen molar-refractivity contribution in [1.82, 2.24) is 24.8 Å². The van der Waals surface area contributed by atoms with E-state index in [9.17, 15) is 14.0 Å². The zero-order valence-electron chi connectivity index (χ0n) is 14.0. The van der Waals surface area contributed by atoms with Gasteiger partial charge in [0.05, 0.1) is 16.4 Å². The molecule has 0 spiro atoms. The molecular weight excluding hydrogens is 349 g/mol. The summed E-state index contributed by atoms with van der Waals surface area (Å²) in [6, 6.07) is 3.63. The Bertz CT molecular complexity index is 853. The fraction of sp³-hybridized carbons (Fsp3) is 0.375. The number of likely N-dealkylation sites (N-methyl/N-ethyl adjacent to an activating group) is 2. The van der Waals surface area contributed by atoms with Gasteiger partial charge >= 0.3 is 0 Å². The highest BCUT2D eigenvalue weighted by Crippen LogP contribution is 2.21. The van der Waals surface area contributed by atoms with Crippen LogP contribution in [0.1, 0.15) is 22.6 Å². The third-order valence-corrected chi connectivity index (χ3v) is 4.72. The largest absolute Gasteiger partial charge is 0.344 e. The maximum absolute atomic E-state index is 13.3. The van der Waals surface area contributed by atoms with E-state index in [1.54, 1.807) is 25.9 Å². The van der Waals surface area contributed by atoms with Gasteiger partial charge in [-0.1, -0.05) is 16.8 Å². The molecule has 2 amide bonds. The minimum atomic E-state index is -0.539. The molecular formula is C16H17ClFN5O2. The predicted octanol–water partition coefficient (Wildman–Crippen LogP) is 1.67. The third kappa shape index (κ3) is 2.97. The van der Waals surface area contributed by atoms with Crippen LogP contribution in [0.25, 0.3) is 5.69 Å². The molecule has 132 valence electrons. The Morgan fingerprint density at radius 1 is 1.44 bits per heavy atom. The van der Waals surface area contributed by atoms with Gasteiger partial charge in [0.1, 0.15) is 11.9 Å². The number of hydrogen-bond donors (Lipinski definition) is 0. The lowest BCUT2D eigenvalue weighted by atomic mass is 10.2. The monoisotopic (exact) mass is 365 g/mol. The minimum Gasteiger partial charge on any atom is -0.344 e. The topological polar surface area (TPSA) is 71.3 Å². The number of aromatic nitrogens is 3. The molecule has 25 heavy (non-hydrogen) atoms. The normalized spacial score (nSPS) is 17.2. The van der Waals surface area contributed by atoms with E-state index in [4.69, 9.17) is 11.6 Å². The molecule has 9 heteroatoms. The maximum atomic E-state index is 13.3. The van der Waals surface area contributed by atoms with Crippen LogP contribution in [-0.2, 0) is 4.79 Å². The summed E-state index contributed by atoms with van der Waals surface area (Å²) in [6.07, 6.45) is 0.582. The molecule has 1 fully saturated rings. The van der Waals surface area contributed by atoms with Crippen molar-refractivity contribution in [2.45, 2.75) is 19.4 Å². The molecule has 1 aromatic heterocycles. The van der Waals surface area contributed by atoms with Gasteiger partial charge < -0.3 is 9.80 Å². The smallest absolute Gasteiger partial charge is 0.276 e. The van der Waals surface area contributed by atoms with Crippen molar-refractivity contribution in [2.75, 3.05) is 20.6 Å². The highest BCUT2D eigenvalue weighted by Gasteiger charge is 2.36. The van der Waals surface area contributed by atoms with E-state index in [0.29, 0.717) is 24.3 Å². The number of carbonyl (C=O) groups is 2. The molecule has 1 aliphatic heterocycles. The van der Waals surface area contributed by atoms with Crippen LogP contribution in [0.5, 0.6) is 0 Å². The SMILES string of the molecule is Cc1c(C(=O)N(C)C2CCN(C)C2=O)nnn1-c1ccc(F)c(Cl)c1. The Morgan fingerprint density at radius 2 is 2.16 bits per heavy atom. The van der Waals surface area contributed by atoms with Crippen LogP contribution < -0.4 is 0 Å². The van der Waals surface area contributed by atoms with Gasteiger partial charge in [0.2, 0.25) is 5.91 Å². The molecule has 3 rings (SSSR count). The summed E-state index contributed by atoms with van der Waals surface area (Å²) in [5, 5.41) is 7.86. The van der Waals surface area contributed by atoms with E-state index in [-0.39, 0.29) is 22.5 Å². The van der Waals surface area contributed by atoms with E-state index in [1.165, 1.54) is 27.8 Å². The Hall–Kier alpha value is -2.48. The summed E-state index contributed by atoms with van der Waals surface area (Å²) in [4.78, 5) is 27.8. The van der Waals surface area contributed by atoms with Crippen LogP contribution in [0.2, 0.25) is 5.02 Å². The van der Waals surface area contributed by atoms with E-state index < -0.39 is 11.9 Å². The Morgan fingerprint density at radius 3 is 2.76 bits per heavy atom. The second kappa shape index (κ2) is 6.44. The van der Waals surface area contributed by atoms with Crippen molar-refractivity contribution in [2.24, 2.45) is 0 Å². The van der Waals surface area contributed by atoms with Crippen molar-refractivity contribution in [3.05, 3.63) is 40.4 Å². The average molecular weight is 366 g/mol. The van der Waals surface area contributed by atoms with Crippen molar-refractivity contribution >= 4 is 23.4 Å². The van der Waals surface area contributed by atoms with Gasteiger partial charge in [-0.15, -0.1) is 5.10 Å².